The van der Waals surface area contributed by atoms with Gasteiger partial charge in [-0.05, 0) is 26.0 Å². The molecule has 3 heterocycles. The van der Waals surface area contributed by atoms with E-state index in [4.69, 9.17) is 14.4 Å². The zero-order valence-corrected chi connectivity index (χ0v) is 12.4. The fourth-order valence-electron chi connectivity index (χ4n) is 2.38. The van der Waals surface area contributed by atoms with Gasteiger partial charge in [-0.3, -0.25) is 4.79 Å². The van der Waals surface area contributed by atoms with E-state index >= 15 is 0 Å². The fourth-order valence-corrected chi connectivity index (χ4v) is 2.38. The number of ether oxygens (including phenoxy) is 1. The van der Waals surface area contributed by atoms with Crippen molar-refractivity contribution < 1.29 is 13.9 Å². The normalized spacial score (nSPS) is 14.3. The molecule has 0 spiro atoms. The van der Waals surface area contributed by atoms with Crippen LogP contribution in [0.25, 0.3) is 0 Å². The SMILES string of the molecule is Cc1cc(C(=O)N2CC(Oc3ccc(C#N)cn3)C2)c(C)o1. The van der Waals surface area contributed by atoms with Crippen LogP contribution in [-0.2, 0) is 0 Å². The van der Waals surface area contributed by atoms with Gasteiger partial charge in [0.25, 0.3) is 5.91 Å². The Morgan fingerprint density at radius 2 is 2.23 bits per heavy atom. The Labute approximate surface area is 127 Å². The van der Waals surface area contributed by atoms with Crippen molar-refractivity contribution in [1.82, 2.24) is 9.88 Å². The first-order chi connectivity index (χ1) is 10.6. The van der Waals surface area contributed by atoms with Gasteiger partial charge in [0.1, 0.15) is 23.7 Å². The molecule has 22 heavy (non-hydrogen) atoms. The van der Waals surface area contributed by atoms with Gasteiger partial charge in [-0.15, -0.1) is 0 Å². The molecule has 1 fully saturated rings. The maximum absolute atomic E-state index is 12.3. The van der Waals surface area contributed by atoms with Gasteiger partial charge in [0.05, 0.1) is 24.2 Å². The smallest absolute Gasteiger partial charge is 0.257 e. The molecule has 0 saturated carbocycles. The summed E-state index contributed by atoms with van der Waals surface area (Å²) in [7, 11) is 0. The fraction of sp³-hybridized carbons (Fsp3) is 0.312. The van der Waals surface area contributed by atoms with Crippen LogP contribution in [0.2, 0.25) is 0 Å². The Kier molecular flexibility index (Phi) is 3.55. The van der Waals surface area contributed by atoms with E-state index in [1.807, 2.05) is 13.0 Å². The molecule has 1 aliphatic heterocycles. The number of nitriles is 1. The second-order valence-electron chi connectivity index (χ2n) is 5.27. The molecule has 2 aromatic heterocycles. The second kappa shape index (κ2) is 5.53. The van der Waals surface area contributed by atoms with Crippen LogP contribution >= 0.6 is 0 Å². The van der Waals surface area contributed by atoms with Crippen LogP contribution < -0.4 is 4.74 Å². The van der Waals surface area contributed by atoms with Crippen LogP contribution in [-0.4, -0.2) is 35.0 Å². The summed E-state index contributed by atoms with van der Waals surface area (Å²) in [6.07, 6.45) is 1.40. The first kappa shape index (κ1) is 14.1. The third-order valence-corrected chi connectivity index (χ3v) is 3.56. The summed E-state index contributed by atoms with van der Waals surface area (Å²) in [5, 5.41) is 8.71. The third-order valence-electron chi connectivity index (χ3n) is 3.56. The van der Waals surface area contributed by atoms with E-state index in [0.717, 1.165) is 5.76 Å². The Balaban J connectivity index is 1.56. The first-order valence-electron chi connectivity index (χ1n) is 6.96. The average molecular weight is 297 g/mol. The summed E-state index contributed by atoms with van der Waals surface area (Å²) < 4.78 is 11.0. The van der Waals surface area contributed by atoms with Gasteiger partial charge in [0, 0.05) is 12.3 Å². The Hall–Kier alpha value is -2.81. The largest absolute Gasteiger partial charge is 0.471 e. The number of nitrogens with zero attached hydrogens (tertiary/aromatic N) is 3. The van der Waals surface area contributed by atoms with Crippen molar-refractivity contribution in [2.45, 2.75) is 20.0 Å². The molecule has 1 aliphatic rings. The summed E-state index contributed by atoms with van der Waals surface area (Å²) in [5.74, 6) is 1.80. The molecule has 0 aromatic carbocycles. The number of carbonyl (C=O) groups is 1. The highest BCUT2D eigenvalue weighted by Gasteiger charge is 2.34. The minimum Gasteiger partial charge on any atom is -0.471 e. The predicted molar refractivity (Wildman–Crippen MR) is 77.5 cm³/mol. The lowest BCUT2D eigenvalue weighted by Gasteiger charge is -2.38. The van der Waals surface area contributed by atoms with Crippen molar-refractivity contribution in [3.05, 3.63) is 47.0 Å². The van der Waals surface area contributed by atoms with E-state index in [2.05, 4.69) is 4.98 Å². The molecule has 112 valence electrons. The number of hydrogen-bond donors (Lipinski definition) is 0. The summed E-state index contributed by atoms with van der Waals surface area (Å²) >= 11 is 0. The number of aromatic nitrogens is 1. The number of likely N-dealkylation sites (tertiary alicyclic amines) is 1. The quantitative estimate of drug-likeness (QED) is 0.866. The van der Waals surface area contributed by atoms with Crippen molar-refractivity contribution in [3.63, 3.8) is 0 Å². The standard InChI is InChI=1S/C16H15N3O3/c1-10-5-14(11(2)21-10)16(20)19-8-13(9-19)22-15-4-3-12(6-17)7-18-15/h3-5,7,13H,8-9H2,1-2H3. The van der Waals surface area contributed by atoms with E-state index < -0.39 is 0 Å². The van der Waals surface area contributed by atoms with Gasteiger partial charge < -0.3 is 14.1 Å². The maximum atomic E-state index is 12.3. The molecule has 6 nitrogen and oxygen atoms in total. The van der Waals surface area contributed by atoms with Crippen molar-refractivity contribution in [3.8, 4) is 11.9 Å². The van der Waals surface area contributed by atoms with Crippen LogP contribution in [0.3, 0.4) is 0 Å². The number of rotatable bonds is 3. The Bertz CT molecular complexity index is 737. The molecule has 0 radical (unpaired) electrons. The van der Waals surface area contributed by atoms with Gasteiger partial charge in [0.15, 0.2) is 0 Å². The first-order valence-corrected chi connectivity index (χ1v) is 6.96. The van der Waals surface area contributed by atoms with Gasteiger partial charge in [-0.2, -0.15) is 5.26 Å². The minimum absolute atomic E-state index is 0.0398. The number of aryl methyl sites for hydroxylation is 2. The number of pyridine rings is 1. The molecular formula is C16H15N3O3. The van der Waals surface area contributed by atoms with Gasteiger partial charge in [-0.1, -0.05) is 0 Å². The number of hydrogen-bond acceptors (Lipinski definition) is 5. The summed E-state index contributed by atoms with van der Waals surface area (Å²) in [4.78, 5) is 18.1. The van der Waals surface area contributed by atoms with Crippen LogP contribution in [0.4, 0.5) is 0 Å². The van der Waals surface area contributed by atoms with Crippen molar-refractivity contribution in [2.24, 2.45) is 0 Å². The van der Waals surface area contributed by atoms with E-state index in [0.29, 0.717) is 35.9 Å². The van der Waals surface area contributed by atoms with Gasteiger partial charge >= 0.3 is 0 Å². The molecule has 0 aliphatic carbocycles. The highest BCUT2D eigenvalue weighted by atomic mass is 16.5. The summed E-state index contributed by atoms with van der Waals surface area (Å²) in [6, 6.07) is 7.07. The lowest BCUT2D eigenvalue weighted by molar-refractivity contribution is 0.0159. The number of carbonyl (C=O) groups excluding carboxylic acids is 1. The van der Waals surface area contributed by atoms with Crippen molar-refractivity contribution >= 4 is 5.91 Å². The predicted octanol–water partition coefficient (Wildman–Crippen LogP) is 2.07. The Morgan fingerprint density at radius 1 is 1.45 bits per heavy atom. The molecule has 3 rings (SSSR count). The summed E-state index contributed by atoms with van der Waals surface area (Å²) in [5.41, 5.74) is 1.09. The zero-order valence-electron chi connectivity index (χ0n) is 12.4. The highest BCUT2D eigenvalue weighted by molar-refractivity contribution is 5.95. The van der Waals surface area contributed by atoms with E-state index in [1.165, 1.54) is 6.20 Å². The van der Waals surface area contributed by atoms with E-state index in [-0.39, 0.29) is 12.0 Å². The molecular weight excluding hydrogens is 282 g/mol. The Morgan fingerprint density at radius 3 is 2.77 bits per heavy atom. The van der Waals surface area contributed by atoms with Crippen LogP contribution in [0, 0.1) is 25.2 Å². The lowest BCUT2D eigenvalue weighted by Crippen LogP contribution is -2.56. The number of amides is 1. The minimum atomic E-state index is -0.0716. The van der Waals surface area contributed by atoms with E-state index in [9.17, 15) is 4.79 Å². The van der Waals surface area contributed by atoms with Gasteiger partial charge in [-0.25, -0.2) is 4.98 Å². The molecule has 6 heteroatoms. The third kappa shape index (κ3) is 2.66. The molecule has 0 unspecified atom stereocenters. The number of furan rings is 1. The monoisotopic (exact) mass is 297 g/mol. The molecule has 2 aromatic rings. The molecule has 0 bridgehead atoms. The molecule has 0 N–H and O–H groups in total. The van der Waals surface area contributed by atoms with Crippen molar-refractivity contribution in [1.29, 1.82) is 5.26 Å². The average Bonchev–Trinajstić information content (AvgIpc) is 2.81. The van der Waals surface area contributed by atoms with Gasteiger partial charge in [0.2, 0.25) is 5.88 Å². The summed E-state index contributed by atoms with van der Waals surface area (Å²) in [6.45, 7) is 4.64. The van der Waals surface area contributed by atoms with Crippen LogP contribution in [0.5, 0.6) is 5.88 Å². The zero-order chi connectivity index (χ0) is 15.7. The topological polar surface area (TPSA) is 79.4 Å². The molecule has 1 amide bonds. The molecule has 1 saturated heterocycles. The second-order valence-corrected chi connectivity index (χ2v) is 5.27. The highest BCUT2D eigenvalue weighted by Crippen LogP contribution is 2.21. The lowest BCUT2D eigenvalue weighted by atomic mass is 10.1. The van der Waals surface area contributed by atoms with Crippen LogP contribution in [0.1, 0.15) is 27.4 Å². The van der Waals surface area contributed by atoms with E-state index in [1.54, 1.807) is 30.0 Å². The molecule has 0 atom stereocenters. The van der Waals surface area contributed by atoms with Crippen LogP contribution in [0.15, 0.2) is 28.8 Å². The maximum Gasteiger partial charge on any atom is 0.257 e. The van der Waals surface area contributed by atoms with Crippen molar-refractivity contribution in [2.75, 3.05) is 13.1 Å².